The molecule has 0 unspecified atom stereocenters. The minimum Gasteiger partial charge on any atom is -0.466 e. The minimum atomic E-state index is 0.0449. The van der Waals surface area contributed by atoms with Crippen LogP contribution in [0.15, 0.2) is 22.8 Å². The number of amides is 1. The number of nitrogens with zero attached hydrogens (tertiary/aromatic N) is 2. The Morgan fingerprint density at radius 2 is 2.16 bits per heavy atom. The van der Waals surface area contributed by atoms with E-state index in [1.807, 2.05) is 17.0 Å². The first-order chi connectivity index (χ1) is 9.34. The molecule has 1 atom stereocenters. The first-order valence-electron chi connectivity index (χ1n) is 6.59. The molecule has 0 aliphatic carbocycles. The first kappa shape index (κ1) is 13.0. The number of thioether (sulfide) groups is 1. The second-order valence-corrected chi connectivity index (χ2v) is 5.79. The predicted molar refractivity (Wildman–Crippen MR) is 72.9 cm³/mol. The number of hydrogen-bond acceptors (Lipinski definition) is 5. The van der Waals surface area contributed by atoms with E-state index >= 15 is 0 Å². The van der Waals surface area contributed by atoms with E-state index < -0.39 is 0 Å². The molecule has 1 amide bonds. The van der Waals surface area contributed by atoms with Crippen LogP contribution in [0, 0.1) is 0 Å². The summed E-state index contributed by atoms with van der Waals surface area (Å²) in [5.74, 6) is 1.63. The zero-order valence-corrected chi connectivity index (χ0v) is 11.6. The molecule has 1 aromatic rings. The highest BCUT2D eigenvalue weighted by molar-refractivity contribution is 8.00. The Kier molecular flexibility index (Phi) is 4.10. The third-order valence-electron chi connectivity index (χ3n) is 3.52. The highest BCUT2D eigenvalue weighted by Crippen LogP contribution is 2.38. The van der Waals surface area contributed by atoms with Gasteiger partial charge in [0.2, 0.25) is 5.91 Å². The van der Waals surface area contributed by atoms with Gasteiger partial charge in [0.15, 0.2) is 0 Å². The Hall–Kier alpha value is -0.980. The summed E-state index contributed by atoms with van der Waals surface area (Å²) < 4.78 is 10.8. The number of hydrogen-bond donors (Lipinski definition) is 0. The van der Waals surface area contributed by atoms with Crippen LogP contribution < -0.4 is 0 Å². The molecule has 0 aromatic carbocycles. The highest BCUT2D eigenvalue weighted by Gasteiger charge is 2.34. The number of carbonyl (C=O) groups excluding carboxylic acids is 1. The van der Waals surface area contributed by atoms with E-state index in [2.05, 4.69) is 4.90 Å². The van der Waals surface area contributed by atoms with Gasteiger partial charge in [0.05, 0.1) is 25.2 Å². The van der Waals surface area contributed by atoms with Gasteiger partial charge in [-0.15, -0.1) is 11.8 Å². The summed E-state index contributed by atoms with van der Waals surface area (Å²) in [6, 6.07) is 3.82. The third-order valence-corrected chi connectivity index (χ3v) is 4.73. The first-order valence-corrected chi connectivity index (χ1v) is 7.64. The van der Waals surface area contributed by atoms with Gasteiger partial charge in [-0.2, -0.15) is 0 Å². The lowest BCUT2D eigenvalue weighted by Crippen LogP contribution is -2.42. The summed E-state index contributed by atoms with van der Waals surface area (Å²) >= 11 is 1.64. The number of ether oxygens (including phenoxy) is 1. The number of rotatable bonds is 4. The molecule has 2 fully saturated rings. The van der Waals surface area contributed by atoms with Crippen molar-refractivity contribution in [2.45, 2.75) is 5.37 Å². The second kappa shape index (κ2) is 5.98. The van der Waals surface area contributed by atoms with Gasteiger partial charge in [0.25, 0.3) is 0 Å². The number of carbonyl (C=O) groups is 1. The Bertz CT molecular complexity index is 418. The molecule has 104 valence electrons. The van der Waals surface area contributed by atoms with Crippen molar-refractivity contribution in [2.24, 2.45) is 0 Å². The molecular weight excluding hydrogens is 264 g/mol. The van der Waals surface area contributed by atoms with Gasteiger partial charge < -0.3 is 14.1 Å². The maximum atomic E-state index is 12.0. The van der Waals surface area contributed by atoms with E-state index in [9.17, 15) is 4.79 Å². The Morgan fingerprint density at radius 3 is 2.89 bits per heavy atom. The summed E-state index contributed by atoms with van der Waals surface area (Å²) in [5, 5.41) is 0.0449. The number of furan rings is 1. The second-order valence-electron chi connectivity index (χ2n) is 4.72. The van der Waals surface area contributed by atoms with Crippen LogP contribution in [0.1, 0.15) is 11.1 Å². The van der Waals surface area contributed by atoms with E-state index in [1.165, 1.54) is 0 Å². The summed E-state index contributed by atoms with van der Waals surface area (Å²) in [6.07, 6.45) is 1.67. The van der Waals surface area contributed by atoms with E-state index in [-0.39, 0.29) is 11.3 Å². The van der Waals surface area contributed by atoms with Gasteiger partial charge in [-0.1, -0.05) is 0 Å². The van der Waals surface area contributed by atoms with E-state index in [1.54, 1.807) is 18.0 Å². The molecule has 6 heteroatoms. The zero-order valence-electron chi connectivity index (χ0n) is 10.8. The molecule has 1 aromatic heterocycles. The Labute approximate surface area is 116 Å². The van der Waals surface area contributed by atoms with Crippen LogP contribution in [-0.4, -0.2) is 60.9 Å². The maximum absolute atomic E-state index is 12.0. The SMILES string of the molecule is O=C1CS[C@H](c2ccco2)N1CCN1CCOCC1. The Morgan fingerprint density at radius 1 is 1.32 bits per heavy atom. The average Bonchev–Trinajstić information content (AvgIpc) is 3.07. The number of morpholine rings is 1. The van der Waals surface area contributed by atoms with Crippen molar-refractivity contribution < 1.29 is 13.9 Å². The van der Waals surface area contributed by atoms with Gasteiger partial charge in [-0.25, -0.2) is 0 Å². The fraction of sp³-hybridized carbons (Fsp3) is 0.615. The lowest BCUT2D eigenvalue weighted by atomic mass is 10.3. The minimum absolute atomic E-state index is 0.0449. The van der Waals surface area contributed by atoms with Gasteiger partial charge in [-0.3, -0.25) is 9.69 Å². The van der Waals surface area contributed by atoms with Gasteiger partial charge in [-0.05, 0) is 12.1 Å². The molecule has 2 saturated heterocycles. The van der Waals surface area contributed by atoms with Crippen molar-refractivity contribution in [1.29, 1.82) is 0 Å². The van der Waals surface area contributed by atoms with E-state index in [0.29, 0.717) is 5.75 Å². The molecule has 5 nitrogen and oxygen atoms in total. The van der Waals surface area contributed by atoms with Crippen LogP contribution in [0.4, 0.5) is 0 Å². The molecule has 2 aliphatic heterocycles. The predicted octanol–water partition coefficient (Wildman–Crippen LogP) is 1.19. The molecule has 19 heavy (non-hydrogen) atoms. The van der Waals surface area contributed by atoms with E-state index in [0.717, 1.165) is 45.2 Å². The topological polar surface area (TPSA) is 45.9 Å². The normalized spacial score (nSPS) is 25.2. The molecule has 0 bridgehead atoms. The molecule has 0 spiro atoms. The molecule has 0 radical (unpaired) electrons. The molecule has 0 saturated carbocycles. The Balaban J connectivity index is 1.59. The van der Waals surface area contributed by atoms with Crippen molar-refractivity contribution in [3.05, 3.63) is 24.2 Å². The highest BCUT2D eigenvalue weighted by atomic mass is 32.2. The third kappa shape index (κ3) is 2.96. The van der Waals surface area contributed by atoms with Gasteiger partial charge in [0, 0.05) is 26.2 Å². The van der Waals surface area contributed by atoms with Crippen LogP contribution in [0.3, 0.4) is 0 Å². The average molecular weight is 282 g/mol. The lowest BCUT2D eigenvalue weighted by Gasteiger charge is -2.30. The zero-order chi connectivity index (χ0) is 13.1. The van der Waals surface area contributed by atoms with E-state index in [4.69, 9.17) is 9.15 Å². The fourth-order valence-corrected chi connectivity index (χ4v) is 3.60. The van der Waals surface area contributed by atoms with Crippen molar-refractivity contribution in [3.8, 4) is 0 Å². The van der Waals surface area contributed by atoms with Gasteiger partial charge in [0.1, 0.15) is 11.1 Å². The summed E-state index contributed by atoms with van der Waals surface area (Å²) in [4.78, 5) is 16.2. The monoisotopic (exact) mass is 282 g/mol. The van der Waals surface area contributed by atoms with Crippen molar-refractivity contribution in [1.82, 2.24) is 9.80 Å². The maximum Gasteiger partial charge on any atom is 0.233 e. The van der Waals surface area contributed by atoms with Crippen molar-refractivity contribution in [2.75, 3.05) is 45.1 Å². The molecule has 2 aliphatic rings. The molecule has 3 heterocycles. The smallest absolute Gasteiger partial charge is 0.233 e. The van der Waals surface area contributed by atoms with Gasteiger partial charge >= 0.3 is 0 Å². The van der Waals surface area contributed by atoms with Crippen LogP contribution in [0.25, 0.3) is 0 Å². The van der Waals surface area contributed by atoms with Crippen LogP contribution >= 0.6 is 11.8 Å². The molecule has 0 N–H and O–H groups in total. The fourth-order valence-electron chi connectivity index (χ4n) is 2.44. The largest absolute Gasteiger partial charge is 0.466 e. The summed E-state index contributed by atoms with van der Waals surface area (Å²) in [5.41, 5.74) is 0. The van der Waals surface area contributed by atoms with Crippen LogP contribution in [0.2, 0.25) is 0 Å². The molecule has 3 rings (SSSR count). The molecular formula is C13H18N2O3S. The standard InChI is InChI=1S/C13H18N2O3S/c16-12-10-19-13(11-2-1-7-18-11)15(12)4-3-14-5-8-17-9-6-14/h1-2,7,13H,3-6,8-10H2/t13-/m1/s1. The van der Waals surface area contributed by atoms with Crippen LogP contribution in [0.5, 0.6) is 0 Å². The van der Waals surface area contributed by atoms with Crippen LogP contribution in [-0.2, 0) is 9.53 Å². The quantitative estimate of drug-likeness (QED) is 0.830. The van der Waals surface area contributed by atoms with Crippen molar-refractivity contribution in [3.63, 3.8) is 0 Å². The lowest BCUT2D eigenvalue weighted by molar-refractivity contribution is -0.128. The summed E-state index contributed by atoms with van der Waals surface area (Å²) in [7, 11) is 0. The van der Waals surface area contributed by atoms with Crippen molar-refractivity contribution >= 4 is 17.7 Å². The summed E-state index contributed by atoms with van der Waals surface area (Å²) in [6.45, 7) is 5.18.